The molecular formula is C21H20F3N3O3S. The van der Waals surface area contributed by atoms with E-state index in [0.717, 1.165) is 12.1 Å². The molecular weight excluding hydrogens is 431 g/mol. The summed E-state index contributed by atoms with van der Waals surface area (Å²) in [5.74, 6) is -0.604. The van der Waals surface area contributed by atoms with Gasteiger partial charge in [0.1, 0.15) is 0 Å². The van der Waals surface area contributed by atoms with Gasteiger partial charge in [-0.3, -0.25) is 4.79 Å². The third kappa shape index (κ3) is 5.32. The van der Waals surface area contributed by atoms with Gasteiger partial charge in [-0.2, -0.15) is 18.3 Å². The van der Waals surface area contributed by atoms with Crippen LogP contribution in [-0.4, -0.2) is 36.4 Å². The first-order chi connectivity index (χ1) is 14.6. The van der Waals surface area contributed by atoms with E-state index in [-0.39, 0.29) is 34.9 Å². The van der Waals surface area contributed by atoms with Crippen LogP contribution in [0.15, 0.2) is 65.7 Å². The van der Waals surface area contributed by atoms with Crippen LogP contribution in [0.5, 0.6) is 0 Å². The molecule has 0 radical (unpaired) electrons. The number of carbonyl (C=O) groups is 1. The van der Waals surface area contributed by atoms with Gasteiger partial charge in [-0.25, -0.2) is 13.1 Å². The second-order valence-corrected chi connectivity index (χ2v) is 8.95. The smallest absolute Gasteiger partial charge is 0.352 e. The Labute approximate surface area is 177 Å². The predicted molar refractivity (Wildman–Crippen MR) is 109 cm³/mol. The lowest BCUT2D eigenvalue weighted by molar-refractivity contribution is -0.137. The number of nitrogens with one attached hydrogen (secondary N) is 1. The van der Waals surface area contributed by atoms with E-state index in [2.05, 4.69) is 10.4 Å². The Hall–Kier alpha value is -3.14. The Kier molecular flexibility index (Phi) is 6.49. The molecule has 1 heterocycles. The minimum Gasteiger partial charge on any atom is -0.352 e. The lowest BCUT2D eigenvalue weighted by atomic mass is 10.2. The molecule has 0 atom stereocenters. The average Bonchev–Trinajstić information content (AvgIpc) is 3.12. The molecule has 0 unspecified atom stereocenters. The first-order valence-electron chi connectivity index (χ1n) is 9.38. The van der Waals surface area contributed by atoms with Crippen molar-refractivity contribution in [2.75, 3.05) is 12.3 Å². The Morgan fingerprint density at radius 2 is 1.81 bits per heavy atom. The summed E-state index contributed by atoms with van der Waals surface area (Å²) < 4.78 is 64.6. The number of hydrogen-bond acceptors (Lipinski definition) is 4. The third-order valence-electron chi connectivity index (χ3n) is 4.65. The third-order valence-corrected chi connectivity index (χ3v) is 6.47. The highest BCUT2D eigenvalue weighted by molar-refractivity contribution is 7.91. The highest BCUT2D eigenvalue weighted by atomic mass is 32.2. The van der Waals surface area contributed by atoms with Crippen molar-refractivity contribution in [1.29, 1.82) is 0 Å². The molecule has 1 aromatic heterocycles. The van der Waals surface area contributed by atoms with E-state index in [4.69, 9.17) is 0 Å². The number of sulfone groups is 1. The van der Waals surface area contributed by atoms with Gasteiger partial charge in [0.05, 0.1) is 39.4 Å². The Bertz CT molecular complexity index is 1170. The zero-order chi connectivity index (χ0) is 22.6. The molecule has 10 heteroatoms. The van der Waals surface area contributed by atoms with E-state index in [0.29, 0.717) is 5.69 Å². The van der Waals surface area contributed by atoms with Gasteiger partial charge in [0.25, 0.3) is 5.91 Å². The molecule has 3 rings (SSSR count). The topological polar surface area (TPSA) is 81.1 Å². The van der Waals surface area contributed by atoms with Crippen molar-refractivity contribution in [3.63, 3.8) is 0 Å². The van der Waals surface area contributed by atoms with Crippen LogP contribution in [0.2, 0.25) is 0 Å². The summed E-state index contributed by atoms with van der Waals surface area (Å²) in [7, 11) is -3.44. The van der Waals surface area contributed by atoms with Crippen LogP contribution in [0.4, 0.5) is 13.2 Å². The molecule has 1 N–H and O–H groups in total. The fourth-order valence-corrected chi connectivity index (χ4v) is 4.34. The highest BCUT2D eigenvalue weighted by Crippen LogP contribution is 2.30. The van der Waals surface area contributed by atoms with Crippen LogP contribution < -0.4 is 5.32 Å². The number of benzene rings is 2. The van der Waals surface area contributed by atoms with E-state index in [1.54, 1.807) is 25.1 Å². The van der Waals surface area contributed by atoms with Gasteiger partial charge in [-0.1, -0.05) is 24.3 Å². The van der Waals surface area contributed by atoms with Crippen molar-refractivity contribution in [3.8, 4) is 5.69 Å². The standard InChI is InChI=1S/C21H20F3N3O3S/c1-15-19(14-26-27(15)17-8-5-7-16(13-17)21(22,23)24)20(28)25-11-6-12-31(29,30)18-9-3-2-4-10-18/h2-5,7-10,13-14H,6,11-12H2,1H3,(H,25,28). The molecule has 0 saturated heterocycles. The second-order valence-electron chi connectivity index (χ2n) is 6.84. The minimum absolute atomic E-state index is 0.124. The van der Waals surface area contributed by atoms with Gasteiger partial charge in [0.2, 0.25) is 0 Å². The molecule has 0 aliphatic rings. The van der Waals surface area contributed by atoms with Crippen LogP contribution in [0, 0.1) is 6.92 Å². The molecule has 0 spiro atoms. The first-order valence-corrected chi connectivity index (χ1v) is 11.0. The van der Waals surface area contributed by atoms with Gasteiger partial charge < -0.3 is 5.32 Å². The molecule has 31 heavy (non-hydrogen) atoms. The van der Waals surface area contributed by atoms with Crippen molar-refractivity contribution < 1.29 is 26.4 Å². The number of hydrogen-bond donors (Lipinski definition) is 1. The largest absolute Gasteiger partial charge is 0.416 e. The molecule has 0 bridgehead atoms. The maximum atomic E-state index is 12.9. The van der Waals surface area contributed by atoms with Crippen LogP contribution in [0.1, 0.15) is 28.0 Å². The quantitative estimate of drug-likeness (QED) is 0.554. The molecule has 6 nitrogen and oxygen atoms in total. The maximum absolute atomic E-state index is 12.9. The molecule has 2 aromatic carbocycles. The maximum Gasteiger partial charge on any atom is 0.416 e. The summed E-state index contributed by atoms with van der Waals surface area (Å²) in [6.45, 7) is 1.70. The average molecular weight is 451 g/mol. The Morgan fingerprint density at radius 3 is 2.48 bits per heavy atom. The number of alkyl halides is 3. The van der Waals surface area contributed by atoms with Gasteiger partial charge in [0, 0.05) is 6.54 Å². The summed E-state index contributed by atoms with van der Waals surface area (Å²) in [5, 5.41) is 6.66. The van der Waals surface area contributed by atoms with Crippen molar-refractivity contribution in [3.05, 3.63) is 77.6 Å². The fraction of sp³-hybridized carbons (Fsp3) is 0.238. The molecule has 0 aliphatic carbocycles. The SMILES string of the molecule is Cc1c(C(=O)NCCCS(=O)(=O)c2ccccc2)cnn1-c1cccc(C(F)(F)F)c1. The monoisotopic (exact) mass is 451 g/mol. The summed E-state index contributed by atoms with van der Waals surface area (Å²) >= 11 is 0. The fourth-order valence-electron chi connectivity index (χ4n) is 3.01. The normalized spacial score (nSPS) is 12.0. The number of rotatable bonds is 7. The van der Waals surface area contributed by atoms with Crippen molar-refractivity contribution in [2.45, 2.75) is 24.4 Å². The van der Waals surface area contributed by atoms with Gasteiger partial charge in [-0.15, -0.1) is 0 Å². The van der Waals surface area contributed by atoms with E-state index in [1.807, 2.05) is 0 Å². The molecule has 3 aromatic rings. The Balaban J connectivity index is 1.63. The lowest BCUT2D eigenvalue weighted by Gasteiger charge is -2.10. The molecule has 0 saturated carbocycles. The van der Waals surface area contributed by atoms with E-state index in [9.17, 15) is 26.4 Å². The van der Waals surface area contributed by atoms with Crippen LogP contribution in [0.3, 0.4) is 0 Å². The van der Waals surface area contributed by atoms with E-state index in [1.165, 1.54) is 35.1 Å². The van der Waals surface area contributed by atoms with Crippen molar-refractivity contribution in [1.82, 2.24) is 15.1 Å². The molecule has 164 valence electrons. The number of carbonyl (C=O) groups excluding carboxylic acids is 1. The van der Waals surface area contributed by atoms with Crippen molar-refractivity contribution >= 4 is 15.7 Å². The number of halogens is 3. The lowest BCUT2D eigenvalue weighted by Crippen LogP contribution is -2.26. The minimum atomic E-state index is -4.49. The van der Waals surface area contributed by atoms with Crippen LogP contribution in [0.25, 0.3) is 5.69 Å². The summed E-state index contributed by atoms with van der Waals surface area (Å²) in [6, 6.07) is 12.7. The van der Waals surface area contributed by atoms with E-state index < -0.39 is 27.5 Å². The van der Waals surface area contributed by atoms with Crippen LogP contribution >= 0.6 is 0 Å². The molecule has 1 amide bonds. The summed E-state index contributed by atoms with van der Waals surface area (Å²) in [4.78, 5) is 12.7. The number of aromatic nitrogens is 2. The molecule has 0 fully saturated rings. The summed E-state index contributed by atoms with van der Waals surface area (Å²) in [6.07, 6.45) is -3.01. The summed E-state index contributed by atoms with van der Waals surface area (Å²) in [5.41, 5.74) is -0.0667. The second kappa shape index (κ2) is 8.93. The van der Waals surface area contributed by atoms with E-state index >= 15 is 0 Å². The molecule has 0 aliphatic heterocycles. The number of amides is 1. The zero-order valence-corrected chi connectivity index (χ0v) is 17.4. The Morgan fingerprint density at radius 1 is 1.10 bits per heavy atom. The van der Waals surface area contributed by atoms with Crippen molar-refractivity contribution in [2.24, 2.45) is 0 Å². The van der Waals surface area contributed by atoms with Gasteiger partial charge >= 0.3 is 6.18 Å². The first kappa shape index (κ1) is 22.5. The predicted octanol–water partition coefficient (Wildman–Crippen LogP) is 3.79. The highest BCUT2D eigenvalue weighted by Gasteiger charge is 2.30. The van der Waals surface area contributed by atoms with Crippen LogP contribution in [-0.2, 0) is 16.0 Å². The number of nitrogens with zero attached hydrogens (tertiary/aromatic N) is 2. The van der Waals surface area contributed by atoms with Gasteiger partial charge in [0.15, 0.2) is 9.84 Å². The zero-order valence-electron chi connectivity index (χ0n) is 16.6. The van der Waals surface area contributed by atoms with Gasteiger partial charge in [-0.05, 0) is 43.7 Å².